The van der Waals surface area contributed by atoms with Crippen LogP contribution in [-0.4, -0.2) is 41.8 Å². The number of ether oxygens (including phenoxy) is 1. The van der Waals surface area contributed by atoms with Crippen molar-refractivity contribution >= 4 is 18.0 Å². The first-order valence-corrected chi connectivity index (χ1v) is 11.0. The molecule has 3 atom stereocenters. The van der Waals surface area contributed by atoms with Crippen molar-refractivity contribution in [3.05, 3.63) is 59.7 Å². The second kappa shape index (κ2) is 8.65. The van der Waals surface area contributed by atoms with Gasteiger partial charge in [-0.05, 0) is 48.9 Å². The van der Waals surface area contributed by atoms with E-state index >= 15 is 0 Å². The van der Waals surface area contributed by atoms with Crippen LogP contribution in [0, 0.1) is 5.41 Å². The lowest BCUT2D eigenvalue weighted by Gasteiger charge is -2.31. The summed E-state index contributed by atoms with van der Waals surface area (Å²) < 4.78 is 5.62. The number of hydrogen-bond donors (Lipinski definition) is 3. The van der Waals surface area contributed by atoms with Gasteiger partial charge in [0.15, 0.2) is 0 Å². The summed E-state index contributed by atoms with van der Waals surface area (Å²) in [5.74, 6) is -1.50. The fourth-order valence-electron chi connectivity index (χ4n) is 4.88. The van der Waals surface area contributed by atoms with Gasteiger partial charge >= 0.3 is 12.1 Å². The standard InChI is InChI=1S/C25H28N2O5/c1-15(22(28)29)26-23(30)25(2)13-7-12-21(25)27-24(31)32-14-20-18-10-5-3-8-16(18)17-9-4-6-11-19(17)20/h3-6,8-11,15,20-21H,7,12-14H2,1-2H3,(H,26,30)(H,27,31)(H,28,29)/t15-,21?,25?/m0/s1. The number of nitrogens with one attached hydrogen (secondary N) is 2. The summed E-state index contributed by atoms with van der Waals surface area (Å²) >= 11 is 0. The lowest BCUT2D eigenvalue weighted by molar-refractivity contribution is -0.143. The number of carboxylic acid groups (broad SMARTS) is 1. The van der Waals surface area contributed by atoms with Crippen LogP contribution in [0.25, 0.3) is 11.1 Å². The van der Waals surface area contributed by atoms with Crippen LogP contribution >= 0.6 is 0 Å². The predicted octanol–water partition coefficient (Wildman–Crippen LogP) is 3.67. The fourth-order valence-corrected chi connectivity index (χ4v) is 4.88. The molecular formula is C25H28N2O5. The van der Waals surface area contributed by atoms with Gasteiger partial charge in [0.2, 0.25) is 5.91 Å². The summed E-state index contributed by atoms with van der Waals surface area (Å²) in [6.45, 7) is 3.39. The average Bonchev–Trinajstić information content (AvgIpc) is 3.31. The van der Waals surface area contributed by atoms with Crippen LogP contribution in [0.1, 0.15) is 50.2 Å². The predicted molar refractivity (Wildman–Crippen MR) is 119 cm³/mol. The summed E-state index contributed by atoms with van der Waals surface area (Å²) in [5.41, 5.74) is 3.70. The molecule has 2 aromatic rings. The van der Waals surface area contributed by atoms with Gasteiger partial charge in [-0.3, -0.25) is 9.59 Å². The molecule has 7 heteroatoms. The first-order chi connectivity index (χ1) is 15.3. The van der Waals surface area contributed by atoms with Crippen LogP contribution in [0.2, 0.25) is 0 Å². The molecule has 32 heavy (non-hydrogen) atoms. The number of carbonyl (C=O) groups excluding carboxylic acids is 2. The lowest BCUT2D eigenvalue weighted by atomic mass is 9.83. The third-order valence-electron chi connectivity index (χ3n) is 6.83. The monoisotopic (exact) mass is 436 g/mol. The van der Waals surface area contributed by atoms with E-state index in [4.69, 9.17) is 9.84 Å². The van der Waals surface area contributed by atoms with E-state index < -0.39 is 29.6 Å². The molecule has 2 amide bonds. The number of aliphatic carboxylic acids is 1. The van der Waals surface area contributed by atoms with Gasteiger partial charge in [0, 0.05) is 12.0 Å². The molecule has 1 saturated carbocycles. The van der Waals surface area contributed by atoms with Crippen molar-refractivity contribution in [3.8, 4) is 11.1 Å². The van der Waals surface area contributed by atoms with Crippen molar-refractivity contribution in [2.75, 3.05) is 6.61 Å². The Kier molecular flexibility index (Phi) is 5.91. The van der Waals surface area contributed by atoms with E-state index in [2.05, 4.69) is 34.9 Å². The van der Waals surface area contributed by atoms with Crippen molar-refractivity contribution in [2.24, 2.45) is 5.41 Å². The number of alkyl carbamates (subject to hydrolysis) is 1. The molecule has 0 aromatic heterocycles. The van der Waals surface area contributed by atoms with Crippen molar-refractivity contribution in [2.45, 2.75) is 51.1 Å². The Balaban J connectivity index is 1.41. The molecule has 0 bridgehead atoms. The van der Waals surface area contributed by atoms with Gasteiger partial charge in [-0.1, -0.05) is 55.0 Å². The number of rotatable bonds is 6. The van der Waals surface area contributed by atoms with Gasteiger partial charge < -0.3 is 20.5 Å². The Hall–Kier alpha value is -3.35. The SMILES string of the molecule is C[C@H](NC(=O)C1(C)CCCC1NC(=O)OCC1c2ccccc2-c2ccccc21)C(=O)O. The molecule has 4 rings (SSSR count). The second-order valence-corrected chi connectivity index (χ2v) is 8.87. The van der Waals surface area contributed by atoms with Gasteiger partial charge in [0.25, 0.3) is 0 Å². The zero-order valence-electron chi connectivity index (χ0n) is 18.3. The third kappa shape index (κ3) is 3.95. The number of amides is 2. The van der Waals surface area contributed by atoms with Crippen molar-refractivity contribution in [3.63, 3.8) is 0 Å². The Labute approximate surface area is 187 Å². The zero-order chi connectivity index (χ0) is 22.9. The van der Waals surface area contributed by atoms with Crippen molar-refractivity contribution in [1.29, 1.82) is 0 Å². The maximum absolute atomic E-state index is 12.7. The Morgan fingerprint density at radius 3 is 2.28 bits per heavy atom. The maximum atomic E-state index is 12.7. The normalized spacial score (nSPS) is 22.5. The first kappa shape index (κ1) is 21.9. The smallest absolute Gasteiger partial charge is 0.407 e. The summed E-state index contributed by atoms with van der Waals surface area (Å²) in [4.78, 5) is 36.5. The van der Waals surface area contributed by atoms with Crippen molar-refractivity contribution in [1.82, 2.24) is 10.6 Å². The minimum atomic E-state index is -1.10. The first-order valence-electron chi connectivity index (χ1n) is 11.0. The molecule has 2 aromatic carbocycles. The topological polar surface area (TPSA) is 105 Å². The highest BCUT2D eigenvalue weighted by atomic mass is 16.5. The molecule has 0 saturated heterocycles. The number of fused-ring (bicyclic) bond motifs is 3. The Morgan fingerprint density at radius 2 is 1.69 bits per heavy atom. The van der Waals surface area contributed by atoms with Crippen molar-refractivity contribution < 1.29 is 24.2 Å². The molecule has 2 aliphatic rings. The molecule has 0 aliphatic heterocycles. The van der Waals surface area contributed by atoms with Crippen LogP contribution in [-0.2, 0) is 14.3 Å². The highest BCUT2D eigenvalue weighted by molar-refractivity contribution is 5.88. The average molecular weight is 437 g/mol. The van der Waals surface area contributed by atoms with Crippen LogP contribution < -0.4 is 10.6 Å². The maximum Gasteiger partial charge on any atom is 0.407 e. The molecule has 0 spiro atoms. The van der Waals surface area contributed by atoms with Gasteiger partial charge in [-0.2, -0.15) is 0 Å². The minimum absolute atomic E-state index is 0.0390. The Morgan fingerprint density at radius 1 is 1.09 bits per heavy atom. The van der Waals surface area contributed by atoms with E-state index in [0.29, 0.717) is 12.8 Å². The van der Waals surface area contributed by atoms with E-state index in [-0.39, 0.29) is 18.4 Å². The zero-order valence-corrected chi connectivity index (χ0v) is 18.3. The van der Waals surface area contributed by atoms with E-state index in [1.807, 2.05) is 24.3 Å². The third-order valence-corrected chi connectivity index (χ3v) is 6.83. The van der Waals surface area contributed by atoms with Gasteiger partial charge in [0.05, 0.1) is 5.41 Å². The molecule has 0 heterocycles. The summed E-state index contributed by atoms with van der Waals surface area (Å²) in [6, 6.07) is 14.8. The molecule has 7 nitrogen and oxygen atoms in total. The highest BCUT2D eigenvalue weighted by Gasteiger charge is 2.46. The molecule has 2 aliphatic carbocycles. The second-order valence-electron chi connectivity index (χ2n) is 8.87. The van der Waals surface area contributed by atoms with Crippen LogP contribution in [0.3, 0.4) is 0 Å². The summed E-state index contributed by atoms with van der Waals surface area (Å²) in [5, 5.41) is 14.5. The van der Waals surface area contributed by atoms with E-state index in [1.54, 1.807) is 6.92 Å². The quantitative estimate of drug-likeness (QED) is 0.641. The number of carbonyl (C=O) groups is 3. The van der Waals surface area contributed by atoms with Gasteiger partial charge in [-0.25, -0.2) is 4.79 Å². The Bertz CT molecular complexity index is 1010. The fraction of sp³-hybridized carbons (Fsp3) is 0.400. The van der Waals surface area contributed by atoms with E-state index in [0.717, 1.165) is 28.7 Å². The molecule has 3 N–H and O–H groups in total. The van der Waals surface area contributed by atoms with Crippen LogP contribution in [0.5, 0.6) is 0 Å². The number of hydrogen-bond acceptors (Lipinski definition) is 4. The van der Waals surface area contributed by atoms with Gasteiger partial charge in [-0.15, -0.1) is 0 Å². The number of carboxylic acids is 1. The highest BCUT2D eigenvalue weighted by Crippen LogP contribution is 2.44. The minimum Gasteiger partial charge on any atom is -0.480 e. The summed E-state index contributed by atoms with van der Waals surface area (Å²) in [6.07, 6.45) is 1.40. The molecule has 2 unspecified atom stereocenters. The van der Waals surface area contributed by atoms with Crippen LogP contribution in [0.15, 0.2) is 48.5 Å². The van der Waals surface area contributed by atoms with Gasteiger partial charge in [0.1, 0.15) is 12.6 Å². The molecular weight excluding hydrogens is 408 g/mol. The van der Waals surface area contributed by atoms with Crippen LogP contribution in [0.4, 0.5) is 4.79 Å². The van der Waals surface area contributed by atoms with E-state index in [1.165, 1.54) is 6.92 Å². The lowest BCUT2D eigenvalue weighted by Crippen LogP contribution is -2.53. The molecule has 1 fully saturated rings. The molecule has 168 valence electrons. The largest absolute Gasteiger partial charge is 0.480 e. The number of benzene rings is 2. The summed E-state index contributed by atoms with van der Waals surface area (Å²) in [7, 11) is 0. The molecule has 0 radical (unpaired) electrons. The van der Waals surface area contributed by atoms with E-state index in [9.17, 15) is 14.4 Å².